The molecule has 0 radical (unpaired) electrons. The molecule has 3 nitrogen and oxygen atoms in total. The molecule has 0 aliphatic rings. The number of carbonyl (C=O) groups excluding carboxylic acids is 1. The first-order valence-electron chi connectivity index (χ1n) is 5.10. The van der Waals surface area contributed by atoms with Gasteiger partial charge in [0.25, 0.3) is 0 Å². The molecule has 0 aliphatic carbocycles. The highest BCUT2D eigenvalue weighted by molar-refractivity contribution is 5.81. The van der Waals surface area contributed by atoms with Crippen LogP contribution in [0.5, 0.6) is 5.75 Å². The van der Waals surface area contributed by atoms with Gasteiger partial charge in [0.05, 0.1) is 0 Å². The van der Waals surface area contributed by atoms with E-state index in [9.17, 15) is 4.79 Å². The second-order valence-electron chi connectivity index (χ2n) is 3.19. The molecule has 0 saturated heterocycles. The van der Waals surface area contributed by atoms with Gasteiger partial charge in [0.15, 0.2) is 5.78 Å². The Kier molecular flexibility index (Phi) is 5.48. The molecule has 0 aromatic heterocycles. The molecule has 15 heavy (non-hydrogen) atoms. The molecule has 3 heteroatoms. The predicted molar refractivity (Wildman–Crippen MR) is 58.1 cm³/mol. The maximum Gasteiger partial charge on any atom is 0.195 e. The zero-order valence-electron chi connectivity index (χ0n) is 8.94. The zero-order chi connectivity index (χ0) is 10.9. The fourth-order valence-electron chi connectivity index (χ4n) is 1.05. The van der Waals surface area contributed by atoms with Crippen molar-refractivity contribution in [3.05, 3.63) is 30.3 Å². The highest BCUT2D eigenvalue weighted by Crippen LogP contribution is 2.07. The van der Waals surface area contributed by atoms with Gasteiger partial charge in [-0.2, -0.15) is 0 Å². The van der Waals surface area contributed by atoms with Crippen molar-refractivity contribution in [2.24, 2.45) is 0 Å². The second kappa shape index (κ2) is 7.01. The minimum atomic E-state index is -0.0349. The first-order chi connectivity index (χ1) is 7.33. The van der Waals surface area contributed by atoms with E-state index in [4.69, 9.17) is 9.47 Å². The molecule has 0 aliphatic heterocycles. The van der Waals surface area contributed by atoms with Crippen LogP contribution in [0.2, 0.25) is 0 Å². The van der Waals surface area contributed by atoms with Crippen LogP contribution in [0.15, 0.2) is 30.3 Å². The summed E-state index contributed by atoms with van der Waals surface area (Å²) in [6.45, 7) is 2.84. The van der Waals surface area contributed by atoms with E-state index in [1.807, 2.05) is 37.3 Å². The van der Waals surface area contributed by atoms with E-state index in [0.29, 0.717) is 12.4 Å². The van der Waals surface area contributed by atoms with Gasteiger partial charge in [0.2, 0.25) is 0 Å². The van der Waals surface area contributed by atoms with Crippen molar-refractivity contribution < 1.29 is 14.3 Å². The quantitative estimate of drug-likeness (QED) is 0.643. The maximum atomic E-state index is 11.2. The van der Waals surface area contributed by atoms with E-state index in [-0.39, 0.29) is 19.0 Å². The summed E-state index contributed by atoms with van der Waals surface area (Å²) in [6.07, 6.45) is 0.923. The van der Waals surface area contributed by atoms with Crippen molar-refractivity contribution in [2.75, 3.05) is 19.8 Å². The lowest BCUT2D eigenvalue weighted by atomic mass is 10.3. The van der Waals surface area contributed by atoms with E-state index in [2.05, 4.69) is 0 Å². The molecular weight excluding hydrogens is 192 g/mol. The SMILES string of the molecule is CCCOCC(=O)COc1ccccc1. The van der Waals surface area contributed by atoms with Crippen LogP contribution in [0, 0.1) is 0 Å². The average molecular weight is 208 g/mol. The smallest absolute Gasteiger partial charge is 0.195 e. The van der Waals surface area contributed by atoms with Gasteiger partial charge in [0, 0.05) is 6.61 Å². The van der Waals surface area contributed by atoms with Crippen LogP contribution in [0.4, 0.5) is 0 Å². The summed E-state index contributed by atoms with van der Waals surface area (Å²) in [7, 11) is 0. The Labute approximate surface area is 90.0 Å². The number of rotatable bonds is 7. The third-order valence-corrected chi connectivity index (χ3v) is 1.75. The summed E-state index contributed by atoms with van der Waals surface area (Å²) in [4.78, 5) is 11.2. The fraction of sp³-hybridized carbons (Fsp3) is 0.417. The number of hydrogen-bond acceptors (Lipinski definition) is 3. The Morgan fingerprint density at radius 1 is 1.20 bits per heavy atom. The molecule has 1 rings (SSSR count). The van der Waals surface area contributed by atoms with E-state index >= 15 is 0 Å². The Hall–Kier alpha value is -1.35. The topological polar surface area (TPSA) is 35.5 Å². The van der Waals surface area contributed by atoms with Crippen LogP contribution < -0.4 is 4.74 Å². The normalized spacial score (nSPS) is 9.93. The van der Waals surface area contributed by atoms with Crippen LogP contribution in [-0.4, -0.2) is 25.6 Å². The van der Waals surface area contributed by atoms with Crippen LogP contribution in [0.25, 0.3) is 0 Å². The minimum absolute atomic E-state index is 0.0349. The molecule has 1 aromatic carbocycles. The molecule has 0 fully saturated rings. The Bertz CT molecular complexity index is 282. The number of benzene rings is 1. The molecule has 0 N–H and O–H groups in total. The minimum Gasteiger partial charge on any atom is -0.486 e. The molecule has 0 saturated carbocycles. The van der Waals surface area contributed by atoms with Gasteiger partial charge in [-0.15, -0.1) is 0 Å². The van der Waals surface area contributed by atoms with Crippen molar-refractivity contribution in [1.82, 2.24) is 0 Å². The Morgan fingerprint density at radius 2 is 1.93 bits per heavy atom. The van der Waals surface area contributed by atoms with Gasteiger partial charge < -0.3 is 9.47 Å². The lowest BCUT2D eigenvalue weighted by molar-refractivity contribution is -0.125. The molecular formula is C12H16O3. The number of ketones is 1. The van der Waals surface area contributed by atoms with E-state index in [1.165, 1.54) is 0 Å². The van der Waals surface area contributed by atoms with Gasteiger partial charge in [-0.25, -0.2) is 0 Å². The van der Waals surface area contributed by atoms with Crippen molar-refractivity contribution >= 4 is 5.78 Å². The predicted octanol–water partition coefficient (Wildman–Crippen LogP) is 2.06. The third kappa shape index (κ3) is 5.18. The summed E-state index contributed by atoms with van der Waals surface area (Å²) in [5.74, 6) is 0.675. The highest BCUT2D eigenvalue weighted by Gasteiger charge is 2.02. The number of Topliss-reactive ketones (excluding diaryl/α,β-unsaturated/α-hetero) is 1. The highest BCUT2D eigenvalue weighted by atomic mass is 16.5. The molecule has 0 unspecified atom stereocenters. The number of hydrogen-bond donors (Lipinski definition) is 0. The summed E-state index contributed by atoms with van der Waals surface area (Å²) >= 11 is 0. The zero-order valence-corrected chi connectivity index (χ0v) is 8.94. The molecule has 82 valence electrons. The van der Waals surface area contributed by atoms with Crippen LogP contribution in [0.3, 0.4) is 0 Å². The standard InChI is InChI=1S/C12H16O3/c1-2-8-14-9-11(13)10-15-12-6-4-3-5-7-12/h3-7H,2,8-10H2,1H3. The number of para-hydroxylation sites is 1. The Morgan fingerprint density at radius 3 is 2.60 bits per heavy atom. The average Bonchev–Trinajstić information content (AvgIpc) is 2.28. The van der Waals surface area contributed by atoms with Gasteiger partial charge in [-0.3, -0.25) is 4.79 Å². The van der Waals surface area contributed by atoms with Gasteiger partial charge in [0.1, 0.15) is 19.0 Å². The monoisotopic (exact) mass is 208 g/mol. The molecule has 0 amide bonds. The van der Waals surface area contributed by atoms with Crippen molar-refractivity contribution in [2.45, 2.75) is 13.3 Å². The summed E-state index contributed by atoms with van der Waals surface area (Å²) in [5.41, 5.74) is 0. The van der Waals surface area contributed by atoms with Gasteiger partial charge in [-0.1, -0.05) is 25.1 Å². The van der Waals surface area contributed by atoms with Gasteiger partial charge >= 0.3 is 0 Å². The maximum absolute atomic E-state index is 11.2. The lowest BCUT2D eigenvalue weighted by Crippen LogP contribution is -2.17. The summed E-state index contributed by atoms with van der Waals surface area (Å²) in [6, 6.07) is 9.28. The molecule has 1 aromatic rings. The van der Waals surface area contributed by atoms with Gasteiger partial charge in [-0.05, 0) is 18.6 Å². The lowest BCUT2D eigenvalue weighted by Gasteiger charge is -2.05. The van der Waals surface area contributed by atoms with Crippen LogP contribution in [-0.2, 0) is 9.53 Å². The van der Waals surface area contributed by atoms with Crippen molar-refractivity contribution in [3.63, 3.8) is 0 Å². The van der Waals surface area contributed by atoms with Crippen molar-refractivity contribution in [3.8, 4) is 5.75 Å². The number of ether oxygens (including phenoxy) is 2. The van der Waals surface area contributed by atoms with Crippen LogP contribution >= 0.6 is 0 Å². The molecule has 0 atom stereocenters. The number of carbonyl (C=O) groups is 1. The molecule has 0 spiro atoms. The first-order valence-corrected chi connectivity index (χ1v) is 5.10. The van der Waals surface area contributed by atoms with E-state index in [1.54, 1.807) is 0 Å². The first kappa shape index (κ1) is 11.7. The third-order valence-electron chi connectivity index (χ3n) is 1.75. The Balaban J connectivity index is 2.17. The van der Waals surface area contributed by atoms with E-state index in [0.717, 1.165) is 6.42 Å². The molecule has 0 heterocycles. The van der Waals surface area contributed by atoms with Crippen LogP contribution in [0.1, 0.15) is 13.3 Å². The summed E-state index contributed by atoms with van der Waals surface area (Å²) < 4.78 is 10.4. The van der Waals surface area contributed by atoms with Crippen molar-refractivity contribution in [1.29, 1.82) is 0 Å². The fourth-order valence-corrected chi connectivity index (χ4v) is 1.05. The molecule has 0 bridgehead atoms. The second-order valence-corrected chi connectivity index (χ2v) is 3.19. The van der Waals surface area contributed by atoms with E-state index < -0.39 is 0 Å². The largest absolute Gasteiger partial charge is 0.486 e. The summed E-state index contributed by atoms with van der Waals surface area (Å²) in [5, 5.41) is 0.